The van der Waals surface area contributed by atoms with Crippen molar-refractivity contribution in [1.29, 1.82) is 0 Å². The van der Waals surface area contributed by atoms with E-state index in [0.717, 1.165) is 37.1 Å². The number of hydrogen-bond acceptors (Lipinski definition) is 5. The van der Waals surface area contributed by atoms with Crippen molar-refractivity contribution in [3.05, 3.63) is 57.5 Å². The number of likely N-dealkylation sites (tertiary alicyclic amines) is 1. The van der Waals surface area contributed by atoms with Gasteiger partial charge in [-0.05, 0) is 38.4 Å². The van der Waals surface area contributed by atoms with Crippen LogP contribution in [0.25, 0.3) is 0 Å². The van der Waals surface area contributed by atoms with E-state index in [0.29, 0.717) is 31.9 Å². The lowest BCUT2D eigenvalue weighted by atomic mass is 9.95. The molecule has 0 saturated carbocycles. The van der Waals surface area contributed by atoms with E-state index in [1.807, 2.05) is 14.0 Å². The van der Waals surface area contributed by atoms with Crippen LogP contribution < -0.4 is 10.3 Å². The van der Waals surface area contributed by atoms with Gasteiger partial charge < -0.3 is 19.5 Å². The van der Waals surface area contributed by atoms with E-state index in [2.05, 4.69) is 9.88 Å². The van der Waals surface area contributed by atoms with E-state index in [9.17, 15) is 14.0 Å². The Bertz CT molecular complexity index is 1010. The van der Waals surface area contributed by atoms with Gasteiger partial charge in [0.15, 0.2) is 17.7 Å². The van der Waals surface area contributed by atoms with Crippen molar-refractivity contribution in [3.63, 3.8) is 0 Å². The minimum Gasteiger partial charge on any atom is -0.478 e. The summed E-state index contributed by atoms with van der Waals surface area (Å²) >= 11 is 0. The first kappa shape index (κ1) is 21.5. The second-order valence-corrected chi connectivity index (χ2v) is 8.43. The number of carbonyl (C=O) groups is 1. The Morgan fingerprint density at radius 2 is 2.16 bits per heavy atom. The van der Waals surface area contributed by atoms with Crippen LogP contribution in [-0.4, -0.2) is 58.5 Å². The van der Waals surface area contributed by atoms with Crippen LogP contribution in [-0.2, 0) is 17.8 Å². The van der Waals surface area contributed by atoms with Gasteiger partial charge in [-0.25, -0.2) is 9.37 Å². The highest BCUT2D eigenvalue weighted by molar-refractivity contribution is 5.81. The number of rotatable bonds is 5. The Morgan fingerprint density at radius 3 is 2.94 bits per heavy atom. The van der Waals surface area contributed by atoms with Crippen molar-refractivity contribution in [1.82, 2.24) is 19.8 Å². The molecule has 1 saturated heterocycles. The maximum atomic E-state index is 14.0. The number of nitrogens with one attached hydrogen (secondary N) is 1. The van der Waals surface area contributed by atoms with E-state index in [1.165, 1.54) is 12.1 Å². The number of H-pyrrole nitrogens is 1. The minimum atomic E-state index is -0.748. The van der Waals surface area contributed by atoms with E-state index in [4.69, 9.17) is 9.72 Å². The van der Waals surface area contributed by atoms with Crippen LogP contribution in [0.1, 0.15) is 49.2 Å². The van der Waals surface area contributed by atoms with Crippen molar-refractivity contribution < 1.29 is 13.9 Å². The van der Waals surface area contributed by atoms with Crippen LogP contribution in [0.4, 0.5) is 4.39 Å². The number of piperidine rings is 1. The predicted molar refractivity (Wildman–Crippen MR) is 115 cm³/mol. The number of aromatic amines is 1. The molecular weight excluding hydrogens is 399 g/mol. The third kappa shape index (κ3) is 4.63. The van der Waals surface area contributed by atoms with Crippen LogP contribution >= 0.6 is 0 Å². The van der Waals surface area contributed by atoms with Gasteiger partial charge in [-0.3, -0.25) is 9.59 Å². The van der Waals surface area contributed by atoms with E-state index in [1.54, 1.807) is 17.0 Å². The molecule has 3 heterocycles. The van der Waals surface area contributed by atoms with Crippen molar-refractivity contribution in [3.8, 4) is 5.75 Å². The molecule has 2 aromatic rings. The summed E-state index contributed by atoms with van der Waals surface area (Å²) in [6.45, 7) is 4.43. The monoisotopic (exact) mass is 428 g/mol. The lowest BCUT2D eigenvalue weighted by Crippen LogP contribution is -2.46. The first-order valence-electron chi connectivity index (χ1n) is 11.0. The number of nitrogens with zero attached hydrogens (tertiary/aromatic N) is 3. The van der Waals surface area contributed by atoms with Crippen LogP contribution in [0.3, 0.4) is 0 Å². The second-order valence-electron chi connectivity index (χ2n) is 8.43. The van der Waals surface area contributed by atoms with Crippen molar-refractivity contribution in [2.75, 3.05) is 26.7 Å². The van der Waals surface area contributed by atoms with Gasteiger partial charge in [0.05, 0.1) is 11.3 Å². The van der Waals surface area contributed by atoms with E-state index >= 15 is 0 Å². The number of carbonyl (C=O) groups excluding carboxylic acids is 1. The highest BCUT2D eigenvalue weighted by Gasteiger charge is 2.32. The Hall–Kier alpha value is -2.74. The molecule has 166 valence electrons. The minimum absolute atomic E-state index is 0.0266. The quantitative estimate of drug-likeness (QED) is 0.792. The third-order valence-electron chi connectivity index (χ3n) is 6.15. The average molecular weight is 429 g/mol. The first-order chi connectivity index (χ1) is 15.0. The summed E-state index contributed by atoms with van der Waals surface area (Å²) in [6.07, 6.45) is 2.12. The van der Waals surface area contributed by atoms with Crippen LogP contribution in [0, 0.1) is 5.82 Å². The molecule has 4 rings (SSSR count). The first-order valence-corrected chi connectivity index (χ1v) is 11.0. The molecule has 1 fully saturated rings. The lowest BCUT2D eigenvalue weighted by molar-refractivity contribution is -0.140. The summed E-state index contributed by atoms with van der Waals surface area (Å²) < 4.78 is 19.7. The summed E-state index contributed by atoms with van der Waals surface area (Å²) in [4.78, 5) is 37.4. The summed E-state index contributed by atoms with van der Waals surface area (Å²) in [5.74, 6) is 0.0845. The molecule has 1 N–H and O–H groups in total. The van der Waals surface area contributed by atoms with Gasteiger partial charge >= 0.3 is 0 Å². The lowest BCUT2D eigenvalue weighted by Gasteiger charge is -2.34. The molecule has 0 radical (unpaired) electrons. The number of para-hydroxylation sites is 1. The Kier molecular flexibility index (Phi) is 6.36. The van der Waals surface area contributed by atoms with Gasteiger partial charge in [-0.15, -0.1) is 0 Å². The Morgan fingerprint density at radius 1 is 1.35 bits per heavy atom. The van der Waals surface area contributed by atoms with Crippen molar-refractivity contribution >= 4 is 5.91 Å². The third-order valence-corrected chi connectivity index (χ3v) is 6.15. The van der Waals surface area contributed by atoms with Crippen molar-refractivity contribution in [2.24, 2.45) is 0 Å². The summed E-state index contributed by atoms with van der Waals surface area (Å²) in [6, 6.07) is 6.12. The predicted octanol–water partition coefficient (Wildman–Crippen LogP) is 2.46. The zero-order chi connectivity index (χ0) is 22.0. The van der Waals surface area contributed by atoms with Crippen molar-refractivity contribution in [2.45, 2.75) is 51.2 Å². The topological polar surface area (TPSA) is 78.5 Å². The van der Waals surface area contributed by atoms with Crippen LogP contribution in [0.5, 0.6) is 5.75 Å². The molecule has 1 aromatic carbocycles. The van der Waals surface area contributed by atoms with Gasteiger partial charge in [-0.1, -0.05) is 19.1 Å². The van der Waals surface area contributed by atoms with E-state index < -0.39 is 11.9 Å². The fourth-order valence-corrected chi connectivity index (χ4v) is 4.38. The largest absolute Gasteiger partial charge is 0.478 e. The van der Waals surface area contributed by atoms with Crippen LogP contribution in [0.2, 0.25) is 0 Å². The summed E-state index contributed by atoms with van der Waals surface area (Å²) in [5, 5.41) is 0. The fourth-order valence-electron chi connectivity index (χ4n) is 4.38. The highest BCUT2D eigenvalue weighted by atomic mass is 19.1. The summed E-state index contributed by atoms with van der Waals surface area (Å²) in [5.41, 5.74) is 1.53. The second kappa shape index (κ2) is 9.18. The molecule has 31 heavy (non-hydrogen) atoms. The van der Waals surface area contributed by atoms with Gasteiger partial charge in [0.1, 0.15) is 5.82 Å². The van der Waals surface area contributed by atoms with Gasteiger partial charge in [0, 0.05) is 38.5 Å². The number of halogens is 1. The highest BCUT2D eigenvalue weighted by Crippen LogP contribution is 2.27. The van der Waals surface area contributed by atoms with E-state index in [-0.39, 0.29) is 23.1 Å². The molecule has 7 nitrogen and oxygen atoms in total. The standard InChI is InChI=1S/C23H29FN4O3/c1-3-19(31-20-9-5-4-8-17(20)24)23(30)28-11-6-7-15(13-28)21-25-18-10-12-27(2)14-16(18)22(29)26-21/h4-5,8-9,15,19H,3,6-7,10-14H2,1-2H3,(H,25,26,29). The molecular formula is C23H29FN4O3. The number of aromatic nitrogens is 2. The smallest absolute Gasteiger partial charge is 0.263 e. The zero-order valence-corrected chi connectivity index (χ0v) is 18.1. The normalized spacial score (nSPS) is 20.2. The molecule has 1 aromatic heterocycles. The molecule has 8 heteroatoms. The maximum Gasteiger partial charge on any atom is 0.263 e. The number of fused-ring (bicyclic) bond motifs is 1. The number of likely N-dealkylation sites (N-methyl/N-ethyl adjacent to an activating group) is 1. The molecule has 0 bridgehead atoms. The SMILES string of the molecule is CCC(Oc1ccccc1F)C(=O)N1CCCC(c2nc3c(c(=O)[nH]2)CN(C)CC3)C1. The fraction of sp³-hybridized carbons (Fsp3) is 0.522. The maximum absolute atomic E-state index is 14.0. The number of benzene rings is 1. The molecule has 2 atom stereocenters. The molecule has 2 unspecified atom stereocenters. The summed E-state index contributed by atoms with van der Waals surface area (Å²) in [7, 11) is 1.99. The zero-order valence-electron chi connectivity index (χ0n) is 18.1. The number of hydrogen-bond donors (Lipinski definition) is 1. The Labute approximate surface area is 181 Å². The van der Waals surface area contributed by atoms with Crippen LogP contribution in [0.15, 0.2) is 29.1 Å². The number of amides is 1. The number of ether oxygens (including phenoxy) is 1. The molecule has 2 aliphatic rings. The molecule has 2 aliphatic heterocycles. The average Bonchev–Trinajstić information content (AvgIpc) is 2.78. The van der Waals surface area contributed by atoms with Gasteiger partial charge in [0.25, 0.3) is 11.5 Å². The van der Waals surface area contributed by atoms with Gasteiger partial charge in [-0.2, -0.15) is 0 Å². The Balaban J connectivity index is 1.49. The van der Waals surface area contributed by atoms with Gasteiger partial charge in [0.2, 0.25) is 0 Å². The molecule has 0 aliphatic carbocycles. The molecule has 0 spiro atoms. The molecule has 1 amide bonds.